The van der Waals surface area contributed by atoms with Crippen molar-refractivity contribution in [1.29, 1.82) is 0 Å². The van der Waals surface area contributed by atoms with E-state index in [1.54, 1.807) is 0 Å². The molecule has 3 aromatic carbocycles. The second kappa shape index (κ2) is 15.7. The molecule has 4 rings (SSSR count). The molecule has 0 N–H and O–H groups in total. The van der Waals surface area contributed by atoms with Crippen LogP contribution in [0.1, 0.15) is 105 Å². The fourth-order valence-corrected chi connectivity index (χ4v) is 12.8. The molecule has 0 amide bonds. The van der Waals surface area contributed by atoms with Crippen LogP contribution in [0.15, 0.2) is 83.4 Å². The van der Waals surface area contributed by atoms with Gasteiger partial charge in [-0.3, -0.25) is 6.08 Å². The maximum atomic E-state index is 4.16. The Hall–Kier alpha value is -1.06. The molecule has 44 heavy (non-hydrogen) atoms. The summed E-state index contributed by atoms with van der Waals surface area (Å²) in [6.45, 7) is 28.2. The van der Waals surface area contributed by atoms with Crippen LogP contribution >= 0.6 is 0 Å². The molecule has 2 atom stereocenters. The van der Waals surface area contributed by atoms with Crippen molar-refractivity contribution in [2.45, 2.75) is 112 Å². The van der Waals surface area contributed by atoms with E-state index in [2.05, 4.69) is 156 Å². The van der Waals surface area contributed by atoms with E-state index in [0.717, 1.165) is 12.8 Å². The fraction of sp³-hybridized carbons (Fsp3) is 0.436. The normalized spacial score (nSPS) is 17.8. The van der Waals surface area contributed by atoms with Gasteiger partial charge in [0.2, 0.25) is 0 Å². The smallest absolute Gasteiger partial charge is 1.00 e. The average Bonchev–Trinajstić information content (AvgIpc) is 3.11. The molecular formula is C39H51Cl3SiTi. The minimum Gasteiger partial charge on any atom is -1.00 e. The first-order chi connectivity index (χ1) is 18.6. The molecule has 0 fully saturated rings. The number of halogens is 3. The second-order valence-corrected chi connectivity index (χ2v) is 18.5. The molecule has 5 heteroatoms. The van der Waals surface area contributed by atoms with Crippen LogP contribution in [-0.4, -0.2) is 8.07 Å². The molecule has 0 saturated carbocycles. The Kier molecular flexibility index (Phi) is 15.3. The second-order valence-electron chi connectivity index (χ2n) is 14.3. The quantitative estimate of drug-likeness (QED) is 0.189. The summed E-state index contributed by atoms with van der Waals surface area (Å²) in [6, 6.07) is 26.7. The number of hydrogen-bond acceptors (Lipinski definition) is 0. The molecule has 0 bridgehead atoms. The molecule has 0 radical (unpaired) electrons. The van der Waals surface area contributed by atoms with E-state index < -0.39 is 8.07 Å². The molecule has 0 aromatic heterocycles. The monoisotopic (exact) mass is 700 g/mol. The zero-order valence-corrected chi connectivity index (χ0v) is 33.7. The maximum absolute atomic E-state index is 4.16. The largest absolute Gasteiger partial charge is 4.00 e. The van der Waals surface area contributed by atoms with Gasteiger partial charge in [-0.05, 0) is 61.5 Å². The molecule has 0 nitrogen and oxygen atoms in total. The number of allylic oxidation sites excluding steroid dienone is 4. The fourth-order valence-electron chi connectivity index (χ4n) is 6.75. The van der Waals surface area contributed by atoms with Crippen molar-refractivity contribution in [3.63, 3.8) is 0 Å². The molecule has 0 aliphatic heterocycles. The summed E-state index contributed by atoms with van der Waals surface area (Å²) in [7, 11) is -2.77. The van der Waals surface area contributed by atoms with Gasteiger partial charge in [0.1, 0.15) is 8.07 Å². The van der Waals surface area contributed by atoms with Crippen molar-refractivity contribution in [2.75, 3.05) is 0 Å². The Balaban J connectivity index is 0.00000462. The predicted octanol–water partition coefficient (Wildman–Crippen LogP) is -0.254. The van der Waals surface area contributed by atoms with Gasteiger partial charge < -0.3 is 37.2 Å². The van der Waals surface area contributed by atoms with Gasteiger partial charge >= 0.3 is 21.7 Å². The summed E-state index contributed by atoms with van der Waals surface area (Å²) in [5.41, 5.74) is 9.98. The van der Waals surface area contributed by atoms with E-state index in [-0.39, 0.29) is 74.8 Å². The summed E-state index contributed by atoms with van der Waals surface area (Å²) >= 11 is 0. The Morgan fingerprint density at radius 2 is 1.07 bits per heavy atom. The Morgan fingerprint density at radius 3 is 1.43 bits per heavy atom. The Morgan fingerprint density at radius 1 is 0.636 bits per heavy atom. The molecule has 0 heterocycles. The average molecular weight is 702 g/mol. The zero-order valence-electron chi connectivity index (χ0n) is 28.9. The summed E-state index contributed by atoms with van der Waals surface area (Å²) in [6.07, 6.45) is 6.24. The molecule has 236 valence electrons. The van der Waals surface area contributed by atoms with Crippen LogP contribution in [0.3, 0.4) is 0 Å². The van der Waals surface area contributed by atoms with E-state index in [4.69, 9.17) is 0 Å². The van der Waals surface area contributed by atoms with Crippen molar-refractivity contribution >= 4 is 23.6 Å². The molecule has 1 aliphatic rings. The van der Waals surface area contributed by atoms with Gasteiger partial charge in [0.05, 0.1) is 0 Å². The molecule has 0 saturated heterocycles. The van der Waals surface area contributed by atoms with Gasteiger partial charge in [-0.15, -0.1) is 6.92 Å². The van der Waals surface area contributed by atoms with E-state index in [1.165, 1.54) is 54.5 Å². The van der Waals surface area contributed by atoms with Crippen LogP contribution in [0.25, 0.3) is 0 Å². The van der Waals surface area contributed by atoms with Crippen molar-refractivity contribution in [1.82, 2.24) is 0 Å². The third-order valence-corrected chi connectivity index (χ3v) is 15.2. The van der Waals surface area contributed by atoms with E-state index in [9.17, 15) is 0 Å². The minimum atomic E-state index is -2.77. The molecular weight excluding hydrogens is 651 g/mol. The minimum absolute atomic E-state index is 0. The molecule has 3 aromatic rings. The van der Waals surface area contributed by atoms with Gasteiger partial charge in [0.25, 0.3) is 0 Å². The maximum Gasteiger partial charge on any atom is 4.00 e. The Labute approximate surface area is 304 Å². The number of rotatable bonds is 6. The van der Waals surface area contributed by atoms with E-state index in [1.807, 2.05) is 0 Å². The molecule has 2 unspecified atom stereocenters. The zero-order chi connectivity index (χ0) is 29.7. The standard InChI is InChI=1S/C39H51Si.3ClH.Ti/c1-13-30-20-31(14-2)22-35(21-30)40(34-18-16-15-17-19-34,39(12)26-27(3)28(4)29(39)5)36-24-32(37(6,7)8)23-33(25-36)38(9,10)11;;;;/h15-25H,13-14H2,1-12H3;3*1H;/q-1;;;;+4/p-3. The van der Waals surface area contributed by atoms with Crippen molar-refractivity contribution < 1.29 is 58.9 Å². The topological polar surface area (TPSA) is 0 Å². The third-order valence-electron chi connectivity index (χ3n) is 9.67. The first-order valence-corrected chi connectivity index (χ1v) is 17.2. The van der Waals surface area contributed by atoms with Crippen LogP contribution in [0.5, 0.6) is 0 Å². The SMILES string of the molecule is CCc1cc(CC)cc([Si](c2ccccc2)(c2cc(C(C)(C)C)cc(C(C)(C)C)c2)C2(C)[C-]=C(C)C(C)=C2C)c1.[Cl-].[Cl-].[Cl-].[Ti+4]. The first kappa shape index (κ1) is 42.9. The summed E-state index contributed by atoms with van der Waals surface area (Å²) in [4.78, 5) is 0. The number of aryl methyl sites for hydroxylation is 2. The van der Waals surface area contributed by atoms with Gasteiger partial charge in [-0.25, -0.2) is 5.57 Å². The van der Waals surface area contributed by atoms with E-state index >= 15 is 0 Å². The van der Waals surface area contributed by atoms with Crippen LogP contribution in [-0.2, 0) is 45.4 Å². The van der Waals surface area contributed by atoms with Crippen LogP contribution in [0.4, 0.5) is 0 Å². The van der Waals surface area contributed by atoms with Crippen molar-refractivity contribution in [3.05, 3.63) is 112 Å². The third kappa shape index (κ3) is 7.56. The van der Waals surface area contributed by atoms with Crippen LogP contribution in [0.2, 0.25) is 5.04 Å². The molecule has 0 spiro atoms. The summed E-state index contributed by atoms with van der Waals surface area (Å²) in [5, 5.41) is 4.25. The summed E-state index contributed by atoms with van der Waals surface area (Å²) in [5.74, 6) is 0. The van der Waals surface area contributed by atoms with Crippen molar-refractivity contribution in [2.24, 2.45) is 0 Å². The van der Waals surface area contributed by atoms with Crippen LogP contribution < -0.4 is 52.8 Å². The summed E-state index contributed by atoms with van der Waals surface area (Å²) < 4.78 is 0. The van der Waals surface area contributed by atoms with Gasteiger partial charge in [0.15, 0.2) is 0 Å². The van der Waals surface area contributed by atoms with Crippen LogP contribution in [0, 0.1) is 6.08 Å². The van der Waals surface area contributed by atoms with Gasteiger partial charge in [0, 0.05) is 0 Å². The number of hydrogen-bond donors (Lipinski definition) is 0. The van der Waals surface area contributed by atoms with Crippen molar-refractivity contribution in [3.8, 4) is 0 Å². The first-order valence-electron chi connectivity index (χ1n) is 15.2. The van der Waals surface area contributed by atoms with Gasteiger partial charge in [-0.2, -0.15) is 11.1 Å². The van der Waals surface area contributed by atoms with E-state index in [0.29, 0.717) is 0 Å². The predicted molar refractivity (Wildman–Crippen MR) is 179 cm³/mol. The van der Waals surface area contributed by atoms with Gasteiger partial charge in [-0.1, -0.05) is 148 Å². The Bertz CT molecular complexity index is 1420. The number of benzene rings is 3. The molecule has 1 aliphatic carbocycles.